The summed E-state index contributed by atoms with van der Waals surface area (Å²) in [7, 11) is 0. The van der Waals surface area contributed by atoms with E-state index in [2.05, 4.69) is 16.8 Å². The molecule has 0 aromatic carbocycles. The van der Waals surface area contributed by atoms with Crippen LogP contribution in [0, 0.1) is 12.3 Å². The molecule has 0 N–H and O–H groups in total. The second-order valence-electron chi connectivity index (χ2n) is 9.29. The number of piperidine rings is 1. The molecule has 3 fully saturated rings. The van der Waals surface area contributed by atoms with E-state index in [0.29, 0.717) is 11.8 Å². The van der Waals surface area contributed by atoms with Crippen molar-refractivity contribution >= 4 is 5.91 Å². The molecule has 1 unspecified atom stereocenters. The molecule has 154 valence electrons. The molecule has 1 saturated carbocycles. The summed E-state index contributed by atoms with van der Waals surface area (Å²) in [6.45, 7) is 6.50. The largest absolute Gasteiger partial charge is 0.474 e. The monoisotopic (exact) mass is 386 g/mol. The fourth-order valence-electron chi connectivity index (χ4n) is 5.23. The Labute approximate surface area is 168 Å². The van der Waals surface area contributed by atoms with Gasteiger partial charge in [-0.15, -0.1) is 0 Å². The third kappa shape index (κ3) is 4.19. The number of hydrogen-bond acceptors (Lipinski definition) is 4. The Morgan fingerprint density at radius 2 is 1.93 bits per heavy atom. The van der Waals surface area contributed by atoms with E-state index in [9.17, 15) is 4.79 Å². The zero-order valence-electron chi connectivity index (χ0n) is 17.4. The summed E-state index contributed by atoms with van der Waals surface area (Å²) in [6.07, 6.45) is 9.50. The minimum absolute atomic E-state index is 0.140. The van der Waals surface area contributed by atoms with Gasteiger partial charge in [-0.05, 0) is 38.7 Å². The predicted octanol–water partition coefficient (Wildman–Crippen LogP) is 4.28. The number of ether oxygens (including phenoxy) is 2. The van der Waals surface area contributed by atoms with Crippen LogP contribution in [0.5, 0.6) is 5.88 Å². The molecule has 2 saturated heterocycles. The van der Waals surface area contributed by atoms with Gasteiger partial charge in [0.05, 0.1) is 12.2 Å². The summed E-state index contributed by atoms with van der Waals surface area (Å²) in [5, 5.41) is 0. The van der Waals surface area contributed by atoms with Crippen molar-refractivity contribution in [2.45, 2.75) is 83.3 Å². The van der Waals surface area contributed by atoms with Gasteiger partial charge in [-0.1, -0.05) is 32.3 Å². The number of rotatable bonds is 3. The van der Waals surface area contributed by atoms with E-state index in [-0.39, 0.29) is 17.1 Å². The summed E-state index contributed by atoms with van der Waals surface area (Å²) >= 11 is 0. The molecule has 1 amide bonds. The van der Waals surface area contributed by atoms with Crippen LogP contribution in [0.15, 0.2) is 18.2 Å². The first-order valence-electron chi connectivity index (χ1n) is 11.0. The normalized spacial score (nSPS) is 26.8. The van der Waals surface area contributed by atoms with E-state index in [4.69, 9.17) is 9.47 Å². The minimum Gasteiger partial charge on any atom is -0.474 e. The zero-order chi connectivity index (χ0) is 19.6. The summed E-state index contributed by atoms with van der Waals surface area (Å²) in [6, 6.07) is 5.90. The molecule has 3 heterocycles. The second kappa shape index (κ2) is 8.02. The predicted molar refractivity (Wildman–Crippen MR) is 108 cm³/mol. The van der Waals surface area contributed by atoms with Crippen LogP contribution in [0.2, 0.25) is 0 Å². The summed E-state index contributed by atoms with van der Waals surface area (Å²) < 4.78 is 12.4. The number of likely N-dealkylation sites (tertiary alicyclic amines) is 1. The first-order valence-corrected chi connectivity index (χ1v) is 11.0. The van der Waals surface area contributed by atoms with E-state index in [0.717, 1.165) is 63.9 Å². The highest BCUT2D eigenvalue weighted by Gasteiger charge is 2.45. The van der Waals surface area contributed by atoms with Crippen LogP contribution in [-0.4, -0.2) is 47.2 Å². The van der Waals surface area contributed by atoms with E-state index in [1.165, 1.54) is 19.3 Å². The van der Waals surface area contributed by atoms with Crippen molar-refractivity contribution in [3.63, 3.8) is 0 Å². The molecule has 5 nitrogen and oxygen atoms in total. The Balaban J connectivity index is 1.34. The Hall–Kier alpha value is -1.62. The van der Waals surface area contributed by atoms with E-state index in [1.54, 1.807) is 0 Å². The van der Waals surface area contributed by atoms with Gasteiger partial charge in [0.15, 0.2) is 0 Å². The maximum Gasteiger partial charge on any atom is 0.228 e. The number of aryl methyl sites for hydroxylation is 1. The molecule has 1 spiro atoms. The van der Waals surface area contributed by atoms with Crippen molar-refractivity contribution in [3.05, 3.63) is 23.9 Å². The van der Waals surface area contributed by atoms with Crippen molar-refractivity contribution in [3.8, 4) is 5.88 Å². The summed E-state index contributed by atoms with van der Waals surface area (Å²) in [5.74, 6) is 1.08. The molecule has 1 aromatic rings. The maximum absolute atomic E-state index is 13.1. The molecule has 0 radical (unpaired) electrons. The number of nitrogens with zero attached hydrogens (tertiary/aromatic N) is 2. The SMILES string of the molecule is Cc1cccc(OC2CCOC3(CCN(C(=O)C4(C)CCCCC4)CC3)C2)n1. The molecule has 28 heavy (non-hydrogen) atoms. The van der Waals surface area contributed by atoms with Crippen LogP contribution in [-0.2, 0) is 9.53 Å². The van der Waals surface area contributed by atoms with E-state index < -0.39 is 0 Å². The highest BCUT2D eigenvalue weighted by Crippen LogP contribution is 2.41. The van der Waals surface area contributed by atoms with Gasteiger partial charge < -0.3 is 14.4 Å². The maximum atomic E-state index is 13.1. The molecular formula is C23H34N2O3. The van der Waals surface area contributed by atoms with Gasteiger partial charge in [0, 0.05) is 43.1 Å². The lowest BCUT2D eigenvalue weighted by Gasteiger charge is -2.47. The molecule has 2 aliphatic heterocycles. The van der Waals surface area contributed by atoms with Crippen LogP contribution in [0.1, 0.15) is 70.4 Å². The Morgan fingerprint density at radius 3 is 2.64 bits per heavy atom. The van der Waals surface area contributed by atoms with E-state index in [1.807, 2.05) is 25.1 Å². The van der Waals surface area contributed by atoms with Crippen molar-refractivity contribution in [1.82, 2.24) is 9.88 Å². The second-order valence-corrected chi connectivity index (χ2v) is 9.29. The first-order chi connectivity index (χ1) is 13.5. The van der Waals surface area contributed by atoms with Crippen LogP contribution >= 0.6 is 0 Å². The number of pyridine rings is 1. The van der Waals surface area contributed by atoms with Crippen LogP contribution < -0.4 is 4.74 Å². The summed E-state index contributed by atoms with van der Waals surface area (Å²) in [5.41, 5.74) is 0.692. The number of amides is 1. The average Bonchev–Trinajstić information content (AvgIpc) is 2.69. The standard InChI is InChI=1S/C23H34N2O3/c1-18-7-6-8-20(24-18)28-19-9-16-27-23(17-19)12-14-25(15-13-23)21(26)22(2)10-4-3-5-11-22/h6-8,19H,3-5,9-17H2,1-2H3. The van der Waals surface area contributed by atoms with Gasteiger partial charge in [0.1, 0.15) is 6.10 Å². The Kier molecular flexibility index (Phi) is 5.64. The number of hydrogen-bond donors (Lipinski definition) is 0. The van der Waals surface area contributed by atoms with Crippen molar-refractivity contribution in [1.29, 1.82) is 0 Å². The molecule has 0 bridgehead atoms. The topological polar surface area (TPSA) is 51.7 Å². The molecule has 1 aromatic heterocycles. The van der Waals surface area contributed by atoms with Crippen LogP contribution in [0.25, 0.3) is 0 Å². The minimum atomic E-state index is -0.142. The third-order valence-electron chi connectivity index (χ3n) is 7.03. The molecule has 1 aliphatic carbocycles. The molecule has 1 atom stereocenters. The first kappa shape index (κ1) is 19.7. The molecular weight excluding hydrogens is 352 g/mol. The average molecular weight is 387 g/mol. The Bertz CT molecular complexity index is 691. The lowest BCUT2D eigenvalue weighted by Crippen LogP contribution is -2.54. The van der Waals surface area contributed by atoms with Crippen LogP contribution in [0.3, 0.4) is 0 Å². The number of carbonyl (C=O) groups excluding carboxylic acids is 1. The lowest BCUT2D eigenvalue weighted by atomic mass is 9.74. The van der Waals surface area contributed by atoms with Gasteiger partial charge in [0.25, 0.3) is 0 Å². The third-order valence-corrected chi connectivity index (χ3v) is 7.03. The quantitative estimate of drug-likeness (QED) is 0.778. The van der Waals surface area contributed by atoms with Gasteiger partial charge >= 0.3 is 0 Å². The number of aromatic nitrogens is 1. The molecule has 3 aliphatic rings. The van der Waals surface area contributed by atoms with Gasteiger partial charge in [-0.2, -0.15) is 0 Å². The van der Waals surface area contributed by atoms with Gasteiger partial charge in [-0.25, -0.2) is 4.98 Å². The van der Waals surface area contributed by atoms with Gasteiger partial charge in [-0.3, -0.25) is 4.79 Å². The summed E-state index contributed by atoms with van der Waals surface area (Å²) in [4.78, 5) is 19.7. The number of carbonyl (C=O) groups is 1. The fraction of sp³-hybridized carbons (Fsp3) is 0.739. The van der Waals surface area contributed by atoms with Crippen molar-refractivity contribution < 1.29 is 14.3 Å². The van der Waals surface area contributed by atoms with Crippen molar-refractivity contribution in [2.24, 2.45) is 5.41 Å². The van der Waals surface area contributed by atoms with Gasteiger partial charge in [0.2, 0.25) is 11.8 Å². The lowest BCUT2D eigenvalue weighted by molar-refractivity contribution is -0.159. The highest BCUT2D eigenvalue weighted by atomic mass is 16.5. The van der Waals surface area contributed by atoms with E-state index >= 15 is 0 Å². The molecule has 5 heteroatoms. The highest BCUT2D eigenvalue weighted by molar-refractivity contribution is 5.82. The van der Waals surface area contributed by atoms with Crippen LogP contribution in [0.4, 0.5) is 0 Å². The van der Waals surface area contributed by atoms with Crippen molar-refractivity contribution in [2.75, 3.05) is 19.7 Å². The molecule has 4 rings (SSSR count). The smallest absolute Gasteiger partial charge is 0.228 e. The Morgan fingerprint density at radius 1 is 1.18 bits per heavy atom. The fourth-order valence-corrected chi connectivity index (χ4v) is 5.23. The zero-order valence-corrected chi connectivity index (χ0v) is 17.4.